The summed E-state index contributed by atoms with van der Waals surface area (Å²) >= 11 is 0. The van der Waals surface area contributed by atoms with Crippen molar-refractivity contribution in [1.82, 2.24) is 0 Å². The zero-order valence-electron chi connectivity index (χ0n) is 9.63. The van der Waals surface area contributed by atoms with E-state index >= 15 is 0 Å². The number of hydrogen-bond acceptors (Lipinski definition) is 3. The molecule has 0 aromatic carbocycles. The molecule has 1 fully saturated rings. The van der Waals surface area contributed by atoms with Crippen LogP contribution in [0.15, 0.2) is 11.6 Å². The lowest BCUT2D eigenvalue weighted by molar-refractivity contribution is -0.135. The summed E-state index contributed by atoms with van der Waals surface area (Å²) < 4.78 is 11.1. The predicted molar refractivity (Wildman–Crippen MR) is 56.4 cm³/mol. The molecule has 1 saturated heterocycles. The third-order valence-corrected chi connectivity index (χ3v) is 3.16. The van der Waals surface area contributed by atoms with Crippen molar-refractivity contribution in [3.63, 3.8) is 0 Å². The predicted octanol–water partition coefficient (Wildman–Crippen LogP) is 2.06. The van der Waals surface area contributed by atoms with Gasteiger partial charge in [-0.3, -0.25) is 4.79 Å². The molecule has 0 spiro atoms. The smallest absolute Gasteiger partial charge is 0.195 e. The lowest BCUT2D eigenvalue weighted by Crippen LogP contribution is -2.36. The third-order valence-electron chi connectivity index (χ3n) is 3.16. The molecule has 0 bridgehead atoms. The molecular weight excluding hydrogens is 192 g/mol. The molecule has 2 aliphatic rings. The highest BCUT2D eigenvalue weighted by atomic mass is 16.7. The van der Waals surface area contributed by atoms with Gasteiger partial charge in [0.2, 0.25) is 0 Å². The second-order valence-electron chi connectivity index (χ2n) is 5.11. The molecule has 3 nitrogen and oxygen atoms in total. The maximum Gasteiger partial charge on any atom is 0.195 e. The van der Waals surface area contributed by atoms with Crippen LogP contribution in [0.2, 0.25) is 0 Å². The van der Waals surface area contributed by atoms with Crippen LogP contribution in [0.25, 0.3) is 0 Å². The molecule has 84 valence electrons. The Bertz CT molecular complexity index is 309. The first-order valence-corrected chi connectivity index (χ1v) is 5.47. The normalized spacial score (nSPS) is 29.0. The van der Waals surface area contributed by atoms with Crippen molar-refractivity contribution in [2.45, 2.75) is 39.4 Å². The van der Waals surface area contributed by atoms with E-state index in [1.54, 1.807) is 0 Å². The summed E-state index contributed by atoms with van der Waals surface area (Å²) in [4.78, 5) is 11.8. The molecule has 1 heterocycles. The van der Waals surface area contributed by atoms with Gasteiger partial charge in [0.25, 0.3) is 0 Å². The molecule has 3 heteroatoms. The molecule has 0 aromatic heterocycles. The quantitative estimate of drug-likeness (QED) is 0.664. The van der Waals surface area contributed by atoms with E-state index in [1.165, 1.54) is 0 Å². The zero-order valence-corrected chi connectivity index (χ0v) is 9.63. The van der Waals surface area contributed by atoms with Crippen LogP contribution >= 0.6 is 0 Å². The molecule has 15 heavy (non-hydrogen) atoms. The van der Waals surface area contributed by atoms with Gasteiger partial charge >= 0.3 is 0 Å². The molecule has 0 amide bonds. The highest BCUT2D eigenvalue weighted by Crippen LogP contribution is 2.38. The first-order valence-electron chi connectivity index (χ1n) is 5.47. The Morgan fingerprint density at radius 1 is 1.20 bits per heavy atom. The number of hydrogen-bond donors (Lipinski definition) is 0. The fourth-order valence-electron chi connectivity index (χ4n) is 2.17. The number of ether oxygens (including phenoxy) is 2. The van der Waals surface area contributed by atoms with Crippen LogP contribution in [0, 0.1) is 5.41 Å². The summed E-state index contributed by atoms with van der Waals surface area (Å²) in [6.07, 6.45) is 3.52. The molecule has 1 aliphatic carbocycles. The number of ketones is 1. The van der Waals surface area contributed by atoms with Crippen LogP contribution in [0.1, 0.15) is 33.6 Å². The van der Waals surface area contributed by atoms with Gasteiger partial charge in [0.05, 0.1) is 18.8 Å². The Kier molecular flexibility index (Phi) is 2.47. The largest absolute Gasteiger partial charge is 0.344 e. The summed E-state index contributed by atoms with van der Waals surface area (Å²) in [5, 5.41) is 0. The fourth-order valence-corrected chi connectivity index (χ4v) is 2.17. The van der Waals surface area contributed by atoms with Crippen molar-refractivity contribution in [2.75, 3.05) is 13.2 Å². The van der Waals surface area contributed by atoms with Crippen LogP contribution in [0.3, 0.4) is 0 Å². The summed E-state index contributed by atoms with van der Waals surface area (Å²) in [6, 6.07) is 0. The van der Waals surface area contributed by atoms with Crippen molar-refractivity contribution in [2.24, 2.45) is 5.41 Å². The standard InChI is InChI=1S/C12H18O3/c1-11(2)5-4-10(13)9(8-11)12(3)14-6-7-15-12/h8H,4-7H2,1-3H3. The van der Waals surface area contributed by atoms with Crippen LogP contribution < -0.4 is 0 Å². The Morgan fingerprint density at radius 3 is 2.40 bits per heavy atom. The van der Waals surface area contributed by atoms with Crippen molar-refractivity contribution in [3.05, 3.63) is 11.6 Å². The van der Waals surface area contributed by atoms with Gasteiger partial charge in [-0.1, -0.05) is 19.9 Å². The van der Waals surface area contributed by atoms with Gasteiger partial charge in [-0.2, -0.15) is 0 Å². The number of Topliss-reactive ketones (excluding diaryl/α,β-unsaturated/α-hetero) is 1. The number of carbonyl (C=O) groups excluding carboxylic acids is 1. The molecule has 0 atom stereocenters. The average molecular weight is 210 g/mol. The number of rotatable bonds is 1. The molecule has 0 unspecified atom stereocenters. The van der Waals surface area contributed by atoms with Crippen LogP contribution in [0.5, 0.6) is 0 Å². The highest BCUT2D eigenvalue weighted by Gasteiger charge is 2.42. The molecule has 0 radical (unpaired) electrons. The minimum absolute atomic E-state index is 0.0710. The Balaban J connectivity index is 2.33. The van der Waals surface area contributed by atoms with E-state index in [0.717, 1.165) is 6.42 Å². The van der Waals surface area contributed by atoms with Gasteiger partial charge in [0.1, 0.15) is 0 Å². The van der Waals surface area contributed by atoms with E-state index in [9.17, 15) is 4.79 Å². The van der Waals surface area contributed by atoms with Gasteiger partial charge in [0.15, 0.2) is 11.6 Å². The molecule has 1 aliphatic heterocycles. The summed E-state index contributed by atoms with van der Waals surface area (Å²) in [5.41, 5.74) is 0.776. The minimum Gasteiger partial charge on any atom is -0.344 e. The van der Waals surface area contributed by atoms with E-state index in [0.29, 0.717) is 25.2 Å². The van der Waals surface area contributed by atoms with Gasteiger partial charge < -0.3 is 9.47 Å². The fraction of sp³-hybridized carbons (Fsp3) is 0.750. The van der Waals surface area contributed by atoms with E-state index in [2.05, 4.69) is 13.8 Å². The second kappa shape index (κ2) is 3.42. The number of allylic oxidation sites excluding steroid dienone is 1. The monoisotopic (exact) mass is 210 g/mol. The molecule has 0 saturated carbocycles. The van der Waals surface area contributed by atoms with Gasteiger partial charge in [-0.25, -0.2) is 0 Å². The summed E-state index contributed by atoms with van der Waals surface area (Å²) in [5.74, 6) is -0.631. The maximum atomic E-state index is 11.8. The summed E-state index contributed by atoms with van der Waals surface area (Å²) in [7, 11) is 0. The first-order chi connectivity index (χ1) is 6.93. The van der Waals surface area contributed by atoms with E-state index in [-0.39, 0.29) is 11.2 Å². The Morgan fingerprint density at radius 2 is 1.80 bits per heavy atom. The van der Waals surface area contributed by atoms with E-state index in [4.69, 9.17) is 9.47 Å². The van der Waals surface area contributed by atoms with Crippen molar-refractivity contribution < 1.29 is 14.3 Å². The molecule has 2 rings (SSSR count). The zero-order chi connectivity index (χ0) is 11.1. The molecular formula is C12H18O3. The Labute approximate surface area is 90.4 Å². The van der Waals surface area contributed by atoms with E-state index in [1.807, 2.05) is 13.0 Å². The molecule has 0 aromatic rings. The molecule has 0 N–H and O–H groups in total. The lowest BCUT2D eigenvalue weighted by atomic mass is 9.77. The van der Waals surface area contributed by atoms with Crippen LogP contribution in [-0.4, -0.2) is 24.8 Å². The second-order valence-corrected chi connectivity index (χ2v) is 5.11. The first kappa shape index (κ1) is 10.8. The van der Waals surface area contributed by atoms with Crippen molar-refractivity contribution >= 4 is 5.78 Å². The van der Waals surface area contributed by atoms with Crippen LogP contribution in [-0.2, 0) is 14.3 Å². The average Bonchev–Trinajstić information content (AvgIpc) is 2.58. The third kappa shape index (κ3) is 1.99. The summed E-state index contributed by atoms with van der Waals surface area (Å²) in [6.45, 7) is 7.25. The van der Waals surface area contributed by atoms with Gasteiger partial charge in [-0.05, 0) is 18.8 Å². The lowest BCUT2D eigenvalue weighted by Gasteiger charge is -2.33. The van der Waals surface area contributed by atoms with E-state index < -0.39 is 5.79 Å². The maximum absolute atomic E-state index is 11.8. The van der Waals surface area contributed by atoms with Gasteiger partial charge in [0, 0.05) is 6.42 Å². The van der Waals surface area contributed by atoms with Gasteiger partial charge in [-0.15, -0.1) is 0 Å². The minimum atomic E-state index is -0.797. The van der Waals surface area contributed by atoms with Crippen LogP contribution in [0.4, 0.5) is 0 Å². The SMILES string of the molecule is CC1(C)C=C(C2(C)OCCO2)C(=O)CC1. The van der Waals surface area contributed by atoms with Crippen molar-refractivity contribution in [1.29, 1.82) is 0 Å². The highest BCUT2D eigenvalue weighted by molar-refractivity contribution is 5.97. The number of carbonyl (C=O) groups is 1. The topological polar surface area (TPSA) is 35.5 Å². The van der Waals surface area contributed by atoms with Crippen molar-refractivity contribution in [3.8, 4) is 0 Å². The Hall–Kier alpha value is -0.670.